The number of halogens is 4. The van der Waals surface area contributed by atoms with Crippen LogP contribution in [0.1, 0.15) is 5.56 Å². The van der Waals surface area contributed by atoms with Gasteiger partial charge in [-0.2, -0.15) is 38.4 Å². The first-order valence-electron chi connectivity index (χ1n) is 15.5. The Morgan fingerprint density at radius 2 is 1.15 bits per heavy atom. The van der Waals surface area contributed by atoms with Crippen molar-refractivity contribution in [2.75, 3.05) is 16.4 Å². The Bertz CT molecular complexity index is 3150. The molecule has 4 aromatic carbocycles. The fourth-order valence-corrected chi connectivity index (χ4v) is 7.26. The Morgan fingerprint density at radius 1 is 0.661 bits per heavy atom. The maximum absolute atomic E-state index is 14.2. The van der Waals surface area contributed by atoms with Crippen LogP contribution in [0.5, 0.6) is 5.75 Å². The molecule has 0 spiro atoms. The van der Waals surface area contributed by atoms with Crippen LogP contribution in [-0.2, 0) is 30.4 Å². The molecule has 0 saturated heterocycles. The Kier molecular flexibility index (Phi) is 11.2. The minimum Gasteiger partial charge on any atom is -0.505 e. The van der Waals surface area contributed by atoms with Gasteiger partial charge in [-0.3, -0.25) is 13.7 Å². The van der Waals surface area contributed by atoms with Crippen LogP contribution < -0.4 is 16.4 Å². The quantitative estimate of drug-likeness (QED) is 0.0294. The number of phenolic OH excluding ortho intramolecular Hbond substituents is 1. The lowest BCUT2D eigenvalue weighted by Crippen LogP contribution is -2.03. The van der Waals surface area contributed by atoms with Gasteiger partial charge in [-0.05, 0) is 66.4 Å². The summed E-state index contributed by atoms with van der Waals surface area (Å²) in [4.78, 5) is 10.9. The zero-order valence-corrected chi connectivity index (χ0v) is 32.1. The number of fused-ring (bicyclic) bond motifs is 1. The molecular formula is C31H21ClF3N11O10S3. The largest absolute Gasteiger partial charge is 0.505 e. The number of aryl methyl sites for hydroxylation is 1. The van der Waals surface area contributed by atoms with Crippen LogP contribution in [0.2, 0.25) is 5.02 Å². The number of anilines is 5. The van der Waals surface area contributed by atoms with Gasteiger partial charge in [0.15, 0.2) is 17.4 Å². The van der Waals surface area contributed by atoms with Crippen molar-refractivity contribution in [3.63, 3.8) is 0 Å². The Hall–Kier alpha value is -6.49. The molecule has 306 valence electrons. The van der Waals surface area contributed by atoms with Gasteiger partial charge in [0.2, 0.25) is 11.8 Å². The van der Waals surface area contributed by atoms with Crippen LogP contribution in [-0.4, -0.2) is 64.0 Å². The van der Waals surface area contributed by atoms with E-state index >= 15 is 0 Å². The monoisotopic (exact) mass is 895 g/mol. The molecule has 21 nitrogen and oxygen atoms in total. The summed E-state index contributed by atoms with van der Waals surface area (Å²) < 4.78 is 146. The Labute approximate surface area is 333 Å². The van der Waals surface area contributed by atoms with Crippen molar-refractivity contribution in [1.29, 1.82) is 0 Å². The molecule has 0 saturated carbocycles. The molecule has 8 N–H and O–H groups in total. The number of phenols is 1. The smallest absolute Gasteiger partial charge is 0.296 e. The number of benzene rings is 4. The van der Waals surface area contributed by atoms with E-state index in [1.807, 2.05) is 0 Å². The van der Waals surface area contributed by atoms with Gasteiger partial charge in [0, 0.05) is 11.4 Å². The second-order valence-electron chi connectivity index (χ2n) is 11.7. The summed E-state index contributed by atoms with van der Waals surface area (Å²) in [5.41, 5.74) is 2.85. The van der Waals surface area contributed by atoms with E-state index in [9.17, 15) is 57.2 Å². The molecule has 0 aliphatic rings. The van der Waals surface area contributed by atoms with Crippen LogP contribution in [0.25, 0.3) is 10.8 Å². The summed E-state index contributed by atoms with van der Waals surface area (Å²) in [6.07, 6.45) is 1.52. The minimum absolute atomic E-state index is 0.0105. The molecule has 6 aromatic rings. The van der Waals surface area contributed by atoms with Gasteiger partial charge in [0.1, 0.15) is 55.1 Å². The highest BCUT2D eigenvalue weighted by Gasteiger charge is 2.26. The molecule has 28 heteroatoms. The summed E-state index contributed by atoms with van der Waals surface area (Å²) in [5, 5.41) is 30.6. The first-order valence-corrected chi connectivity index (χ1v) is 20.2. The van der Waals surface area contributed by atoms with Gasteiger partial charge < -0.3 is 21.5 Å². The van der Waals surface area contributed by atoms with Crippen LogP contribution in [0.3, 0.4) is 0 Å². The number of hydrogen-bond donors (Lipinski definition) is 7. The average molecular weight is 896 g/mol. The van der Waals surface area contributed by atoms with E-state index in [-0.39, 0.29) is 28.1 Å². The Morgan fingerprint density at radius 3 is 1.69 bits per heavy atom. The molecule has 2 aromatic heterocycles. The normalized spacial score (nSPS) is 12.5. The van der Waals surface area contributed by atoms with Gasteiger partial charge >= 0.3 is 0 Å². The molecule has 0 unspecified atom stereocenters. The van der Waals surface area contributed by atoms with E-state index in [2.05, 4.69) is 51.0 Å². The first kappa shape index (κ1) is 42.1. The first-order chi connectivity index (χ1) is 27.5. The summed E-state index contributed by atoms with van der Waals surface area (Å²) in [6, 6.07) is 7.73. The maximum atomic E-state index is 14.2. The van der Waals surface area contributed by atoms with E-state index in [1.165, 1.54) is 13.0 Å². The molecule has 0 aliphatic carbocycles. The predicted octanol–water partition coefficient (Wildman–Crippen LogP) is 7.14. The summed E-state index contributed by atoms with van der Waals surface area (Å²) in [5.74, 6) is -5.88. The lowest BCUT2D eigenvalue weighted by atomic mass is 10.0. The third-order valence-corrected chi connectivity index (χ3v) is 10.8. The standard InChI is InChI=1S/C31H21ClF3N11O10S3/c1-12-6-13-7-20(59(54,55)56)26(46-44-17-9-15(3-5-19(17)58(51,52)53)42-31-23(33)29(35)38-11-40-31)24(36)21(13)27(47)25(12)45-43-16-8-14(2-4-18(16)57(48,49)50)41-30-22(32)28(34)37-10-39-30/h2-11,47H,36H2,1H3,(H,37,39,41)(H,38,40,42)(H,48,49,50)(H,51,52,53)(H,54,55,56). The fourth-order valence-electron chi connectivity index (χ4n) is 5.23. The second kappa shape index (κ2) is 15.7. The number of rotatable bonds is 11. The third-order valence-electron chi connectivity index (χ3n) is 7.83. The van der Waals surface area contributed by atoms with Gasteiger partial charge in [-0.15, -0.1) is 20.5 Å². The summed E-state index contributed by atoms with van der Waals surface area (Å²) >= 11 is 5.89. The van der Waals surface area contributed by atoms with Gasteiger partial charge in [0.05, 0.1) is 11.1 Å². The van der Waals surface area contributed by atoms with Crippen molar-refractivity contribution in [1.82, 2.24) is 19.9 Å². The van der Waals surface area contributed by atoms with E-state index in [0.29, 0.717) is 6.33 Å². The van der Waals surface area contributed by atoms with Crippen LogP contribution in [0.4, 0.5) is 64.6 Å². The Balaban J connectivity index is 1.48. The number of nitrogens with two attached hydrogens (primary N) is 1. The van der Waals surface area contributed by atoms with E-state index < -0.39 is 113 Å². The maximum Gasteiger partial charge on any atom is 0.296 e. The summed E-state index contributed by atoms with van der Waals surface area (Å²) in [7, 11) is -15.3. The molecule has 0 radical (unpaired) electrons. The number of aromatic nitrogens is 4. The molecule has 0 amide bonds. The van der Waals surface area contributed by atoms with Crippen LogP contribution >= 0.6 is 11.6 Å². The lowest BCUT2D eigenvalue weighted by Gasteiger charge is -2.14. The third kappa shape index (κ3) is 8.84. The highest BCUT2D eigenvalue weighted by molar-refractivity contribution is 7.86. The SMILES string of the molecule is Cc1cc2cc(S(=O)(=O)O)c(N=Nc3cc(Nc4ncnc(F)c4F)ccc3S(=O)(=O)O)c(N)c2c(O)c1N=Nc1cc(Nc2ncnc(F)c2Cl)ccc1S(=O)(=O)O. The van der Waals surface area contributed by atoms with Crippen molar-refractivity contribution in [3.8, 4) is 5.75 Å². The average Bonchev–Trinajstić information content (AvgIpc) is 3.13. The number of aromatic hydroxyl groups is 1. The van der Waals surface area contributed by atoms with Crippen molar-refractivity contribution >= 4 is 104 Å². The van der Waals surface area contributed by atoms with E-state index in [0.717, 1.165) is 48.8 Å². The van der Waals surface area contributed by atoms with E-state index in [1.54, 1.807) is 0 Å². The molecule has 0 bridgehead atoms. The summed E-state index contributed by atoms with van der Waals surface area (Å²) in [6.45, 7) is 1.36. The molecule has 6 rings (SSSR count). The van der Waals surface area contributed by atoms with Gasteiger partial charge in [0.25, 0.3) is 36.3 Å². The van der Waals surface area contributed by atoms with Crippen LogP contribution in [0.15, 0.2) is 96.3 Å². The molecule has 0 atom stereocenters. The number of nitrogens with zero attached hydrogens (tertiary/aromatic N) is 8. The van der Waals surface area contributed by atoms with Crippen molar-refractivity contribution in [2.45, 2.75) is 21.6 Å². The van der Waals surface area contributed by atoms with E-state index in [4.69, 9.17) is 17.3 Å². The number of hydrogen-bond acceptors (Lipinski definition) is 18. The zero-order valence-electron chi connectivity index (χ0n) is 28.9. The van der Waals surface area contributed by atoms with Crippen molar-refractivity contribution in [3.05, 3.63) is 89.5 Å². The molecular weight excluding hydrogens is 875 g/mol. The predicted molar refractivity (Wildman–Crippen MR) is 201 cm³/mol. The molecule has 0 fully saturated rings. The second-order valence-corrected chi connectivity index (χ2v) is 16.3. The lowest BCUT2D eigenvalue weighted by molar-refractivity contribution is 0.476. The minimum atomic E-state index is -5.23. The van der Waals surface area contributed by atoms with Crippen molar-refractivity contribution in [2.24, 2.45) is 20.5 Å². The molecule has 0 aliphatic heterocycles. The topological polar surface area (TPSA) is 334 Å². The number of nitrogens with one attached hydrogen (secondary N) is 2. The highest BCUT2D eigenvalue weighted by atomic mass is 35.5. The fraction of sp³-hybridized carbons (Fsp3) is 0.0323. The van der Waals surface area contributed by atoms with Crippen molar-refractivity contribution < 1.29 is 57.2 Å². The molecule has 59 heavy (non-hydrogen) atoms. The van der Waals surface area contributed by atoms with Gasteiger partial charge in [-0.25, -0.2) is 19.9 Å². The highest BCUT2D eigenvalue weighted by Crippen LogP contribution is 2.47. The molecule has 2 heterocycles. The van der Waals surface area contributed by atoms with Gasteiger partial charge in [-0.1, -0.05) is 11.6 Å². The number of azo groups is 2. The zero-order chi connectivity index (χ0) is 43.2. The van der Waals surface area contributed by atoms with Crippen LogP contribution in [0, 0.1) is 24.6 Å². The number of nitrogen functional groups attached to an aromatic ring is 1.